The van der Waals surface area contributed by atoms with Gasteiger partial charge in [0.2, 0.25) is 0 Å². The summed E-state index contributed by atoms with van der Waals surface area (Å²) in [5.74, 6) is -0.365. The highest BCUT2D eigenvalue weighted by atomic mass is 32.2. The van der Waals surface area contributed by atoms with Crippen LogP contribution in [0, 0.1) is 5.82 Å². The van der Waals surface area contributed by atoms with Crippen LogP contribution in [0.25, 0.3) is 0 Å². The molecule has 0 aliphatic rings. The van der Waals surface area contributed by atoms with Crippen molar-refractivity contribution in [2.45, 2.75) is 36.0 Å². The highest BCUT2D eigenvalue weighted by Crippen LogP contribution is 2.34. The van der Waals surface area contributed by atoms with Crippen LogP contribution in [-0.2, 0) is 5.41 Å². The van der Waals surface area contributed by atoms with Crippen LogP contribution in [0.2, 0.25) is 0 Å². The van der Waals surface area contributed by atoms with Gasteiger partial charge in [-0.2, -0.15) is 0 Å². The Morgan fingerprint density at radius 3 is 2.21 bits per heavy atom. The summed E-state index contributed by atoms with van der Waals surface area (Å²) in [4.78, 5) is 1.81. The van der Waals surface area contributed by atoms with Gasteiger partial charge in [-0.15, -0.1) is 0 Å². The van der Waals surface area contributed by atoms with Crippen LogP contribution in [0.5, 0.6) is 0 Å². The summed E-state index contributed by atoms with van der Waals surface area (Å²) in [5.41, 5.74) is 7.37. The van der Waals surface area contributed by atoms with E-state index in [0.717, 1.165) is 9.79 Å². The predicted octanol–water partition coefficient (Wildman–Crippen LogP) is 4.86. The Labute approximate surface area is 118 Å². The summed E-state index contributed by atoms with van der Waals surface area (Å²) in [6.45, 7) is 6.54. The zero-order valence-corrected chi connectivity index (χ0v) is 12.2. The van der Waals surface area contributed by atoms with Gasteiger partial charge in [0.25, 0.3) is 0 Å². The van der Waals surface area contributed by atoms with Crippen LogP contribution < -0.4 is 5.73 Å². The van der Waals surface area contributed by atoms with Gasteiger partial charge in [-0.25, -0.2) is 4.39 Å². The van der Waals surface area contributed by atoms with E-state index in [0.29, 0.717) is 0 Å². The first-order valence-corrected chi connectivity index (χ1v) is 7.02. The maximum Gasteiger partial charge on any atom is 0.147 e. The second-order valence-corrected chi connectivity index (χ2v) is 6.64. The summed E-state index contributed by atoms with van der Waals surface area (Å²) in [6, 6.07) is 13.2. The first kappa shape index (κ1) is 13.9. The lowest BCUT2D eigenvalue weighted by molar-refractivity contribution is 0.590. The number of para-hydroxylation sites is 1. The smallest absolute Gasteiger partial charge is 0.147 e. The molecule has 0 unspecified atom stereocenters. The lowest BCUT2D eigenvalue weighted by Crippen LogP contribution is -2.10. The second kappa shape index (κ2) is 5.25. The van der Waals surface area contributed by atoms with Crippen molar-refractivity contribution in [1.82, 2.24) is 0 Å². The molecule has 1 nitrogen and oxygen atoms in total. The summed E-state index contributed by atoms with van der Waals surface area (Å²) in [5, 5.41) is 0. The largest absolute Gasteiger partial charge is 0.395 e. The fraction of sp³-hybridized carbons (Fsp3) is 0.250. The molecule has 2 aromatic rings. The van der Waals surface area contributed by atoms with Crippen molar-refractivity contribution in [1.29, 1.82) is 0 Å². The minimum Gasteiger partial charge on any atom is -0.395 e. The number of rotatable bonds is 2. The Hall–Kier alpha value is -1.48. The molecule has 0 saturated carbocycles. The molecular formula is C16H18FNS. The van der Waals surface area contributed by atoms with Crippen LogP contribution in [-0.4, -0.2) is 0 Å². The second-order valence-electron chi connectivity index (χ2n) is 5.53. The average Bonchev–Trinajstić information content (AvgIpc) is 2.35. The van der Waals surface area contributed by atoms with Crippen molar-refractivity contribution in [3.05, 3.63) is 53.8 Å². The molecule has 0 atom stereocenters. The van der Waals surface area contributed by atoms with E-state index in [1.807, 2.05) is 6.07 Å². The first-order valence-electron chi connectivity index (χ1n) is 6.20. The highest BCUT2D eigenvalue weighted by molar-refractivity contribution is 7.99. The van der Waals surface area contributed by atoms with E-state index < -0.39 is 0 Å². The molecule has 0 radical (unpaired) electrons. The Morgan fingerprint density at radius 2 is 1.63 bits per heavy atom. The van der Waals surface area contributed by atoms with Crippen LogP contribution in [0.4, 0.5) is 10.1 Å². The van der Waals surface area contributed by atoms with E-state index in [4.69, 9.17) is 5.73 Å². The Kier molecular flexibility index (Phi) is 3.85. The fourth-order valence-corrected chi connectivity index (χ4v) is 2.64. The maximum atomic E-state index is 13.4. The lowest BCUT2D eigenvalue weighted by atomic mass is 9.87. The molecule has 2 aromatic carbocycles. The number of nitrogen functional groups attached to an aromatic ring is 1. The number of benzene rings is 2. The van der Waals surface area contributed by atoms with E-state index in [9.17, 15) is 4.39 Å². The average molecular weight is 275 g/mol. The van der Waals surface area contributed by atoms with Crippen LogP contribution in [0.3, 0.4) is 0 Å². The van der Waals surface area contributed by atoms with E-state index in [-0.39, 0.29) is 16.9 Å². The Balaban J connectivity index is 2.23. The van der Waals surface area contributed by atoms with Crippen molar-refractivity contribution in [2.24, 2.45) is 0 Å². The zero-order valence-electron chi connectivity index (χ0n) is 11.4. The number of hydrogen-bond donors (Lipinski definition) is 1. The first-order chi connectivity index (χ1) is 8.88. The molecule has 0 bridgehead atoms. The van der Waals surface area contributed by atoms with Gasteiger partial charge >= 0.3 is 0 Å². The molecule has 2 rings (SSSR count). The summed E-state index contributed by atoms with van der Waals surface area (Å²) in [7, 11) is 0. The number of nitrogens with two attached hydrogens (primary N) is 1. The zero-order chi connectivity index (χ0) is 14.0. The molecule has 0 aliphatic carbocycles. The minimum atomic E-state index is -0.365. The third kappa shape index (κ3) is 3.29. The van der Waals surface area contributed by atoms with Gasteiger partial charge in [0.1, 0.15) is 5.82 Å². The van der Waals surface area contributed by atoms with Crippen LogP contribution in [0.15, 0.2) is 52.3 Å². The normalized spacial score (nSPS) is 11.6. The van der Waals surface area contributed by atoms with E-state index in [2.05, 4.69) is 45.0 Å². The quantitative estimate of drug-likeness (QED) is 0.792. The third-order valence-corrected chi connectivity index (χ3v) is 4.04. The summed E-state index contributed by atoms with van der Waals surface area (Å²) >= 11 is 1.48. The molecule has 0 aliphatic heterocycles. The van der Waals surface area contributed by atoms with Gasteiger partial charge in [-0.05, 0) is 35.2 Å². The lowest BCUT2D eigenvalue weighted by Gasteiger charge is -2.19. The van der Waals surface area contributed by atoms with Crippen LogP contribution in [0.1, 0.15) is 26.3 Å². The molecule has 0 saturated heterocycles. The molecule has 19 heavy (non-hydrogen) atoms. The summed E-state index contributed by atoms with van der Waals surface area (Å²) < 4.78 is 13.4. The van der Waals surface area contributed by atoms with E-state index in [1.54, 1.807) is 6.07 Å². The maximum absolute atomic E-state index is 13.4. The fourth-order valence-electron chi connectivity index (χ4n) is 1.76. The van der Waals surface area contributed by atoms with Crippen molar-refractivity contribution in [3.63, 3.8) is 0 Å². The Bertz CT molecular complexity index is 570. The number of anilines is 1. The molecular weight excluding hydrogens is 257 g/mol. The van der Waals surface area contributed by atoms with Gasteiger partial charge in [0.15, 0.2) is 0 Å². The monoisotopic (exact) mass is 275 g/mol. The van der Waals surface area contributed by atoms with E-state index in [1.165, 1.54) is 23.4 Å². The van der Waals surface area contributed by atoms with Crippen molar-refractivity contribution < 1.29 is 4.39 Å². The number of halogens is 1. The van der Waals surface area contributed by atoms with Gasteiger partial charge in [-0.1, -0.05) is 50.7 Å². The van der Waals surface area contributed by atoms with Gasteiger partial charge in [-0.3, -0.25) is 0 Å². The number of hydrogen-bond acceptors (Lipinski definition) is 2. The van der Waals surface area contributed by atoms with Crippen LogP contribution >= 0.6 is 11.8 Å². The molecule has 0 heterocycles. The third-order valence-electron chi connectivity index (χ3n) is 2.96. The highest BCUT2D eigenvalue weighted by Gasteiger charge is 2.13. The minimum absolute atomic E-state index is 0.140. The molecule has 3 heteroatoms. The Morgan fingerprint density at radius 1 is 1.00 bits per heavy atom. The molecule has 2 N–H and O–H groups in total. The van der Waals surface area contributed by atoms with Crippen molar-refractivity contribution >= 4 is 17.4 Å². The summed E-state index contributed by atoms with van der Waals surface area (Å²) in [6.07, 6.45) is 0. The predicted molar refractivity (Wildman–Crippen MR) is 80.1 cm³/mol. The van der Waals surface area contributed by atoms with Gasteiger partial charge in [0.05, 0.1) is 5.69 Å². The standard InChI is InChI=1S/C16H18FNS/c1-16(2,3)11-7-9-12(10-8-11)19-14-6-4-5-13(17)15(14)18/h4-10H,18H2,1-3H3. The van der Waals surface area contributed by atoms with Crippen molar-refractivity contribution in [3.8, 4) is 0 Å². The molecule has 0 spiro atoms. The molecule has 100 valence electrons. The molecule has 0 amide bonds. The molecule has 0 aromatic heterocycles. The topological polar surface area (TPSA) is 26.0 Å². The molecule has 0 fully saturated rings. The SMILES string of the molecule is CC(C)(C)c1ccc(Sc2cccc(F)c2N)cc1. The van der Waals surface area contributed by atoms with Crippen molar-refractivity contribution in [2.75, 3.05) is 5.73 Å². The van der Waals surface area contributed by atoms with Gasteiger partial charge in [0, 0.05) is 9.79 Å². The van der Waals surface area contributed by atoms with Gasteiger partial charge < -0.3 is 5.73 Å². The van der Waals surface area contributed by atoms with E-state index >= 15 is 0 Å².